The lowest BCUT2D eigenvalue weighted by atomic mass is 10.0. The quantitative estimate of drug-likeness (QED) is 0.508. The Balaban J connectivity index is 3.88. The summed E-state index contributed by atoms with van der Waals surface area (Å²) in [5.41, 5.74) is 4.08. The lowest BCUT2D eigenvalue weighted by Gasteiger charge is -2.22. The van der Waals surface area contributed by atoms with Gasteiger partial charge in [0.1, 0.15) is 5.54 Å². The van der Waals surface area contributed by atoms with Gasteiger partial charge in [-0.1, -0.05) is 0 Å². The Morgan fingerprint density at radius 2 is 1.93 bits per heavy atom. The molecule has 0 radical (unpaired) electrons. The van der Waals surface area contributed by atoms with E-state index in [9.17, 15) is 9.59 Å². The molecule has 0 heterocycles. The van der Waals surface area contributed by atoms with Crippen LogP contribution in [0.4, 0.5) is 0 Å². The van der Waals surface area contributed by atoms with Crippen molar-refractivity contribution >= 4 is 11.8 Å². The predicted octanol–water partition coefficient (Wildman–Crippen LogP) is -0.471. The van der Waals surface area contributed by atoms with Crippen LogP contribution in [-0.4, -0.2) is 29.1 Å². The summed E-state index contributed by atoms with van der Waals surface area (Å²) in [4.78, 5) is 22.1. The van der Waals surface area contributed by atoms with Crippen LogP contribution in [0.3, 0.4) is 0 Å². The maximum absolute atomic E-state index is 11.2. The molecule has 4 N–H and O–H groups in total. The van der Waals surface area contributed by atoms with Gasteiger partial charge in [0, 0.05) is 13.0 Å². The molecule has 0 aliphatic rings. The summed E-state index contributed by atoms with van der Waals surface area (Å²) in [6.07, 6.45) is 1.50. The highest BCUT2D eigenvalue weighted by Crippen LogP contribution is 2.02. The monoisotopic (exact) mass is 202 g/mol. The van der Waals surface area contributed by atoms with E-state index in [1.165, 1.54) is 0 Å². The van der Waals surface area contributed by atoms with Gasteiger partial charge in [-0.05, 0) is 26.7 Å². The summed E-state index contributed by atoms with van der Waals surface area (Å²) in [5, 5.41) is 11.0. The molecule has 0 unspecified atom stereocenters. The van der Waals surface area contributed by atoms with E-state index in [2.05, 4.69) is 5.32 Å². The molecule has 0 rings (SSSR count). The first-order valence-corrected chi connectivity index (χ1v) is 4.62. The van der Waals surface area contributed by atoms with Crippen LogP contribution in [0, 0.1) is 0 Å². The number of aliphatic hydroxyl groups excluding tert-OH is 1. The lowest BCUT2D eigenvalue weighted by molar-refractivity contribution is -0.130. The fourth-order valence-electron chi connectivity index (χ4n) is 0.870. The maximum Gasteiger partial charge on any atom is 0.242 e. The number of primary amides is 1. The lowest BCUT2D eigenvalue weighted by Crippen LogP contribution is -2.52. The number of nitrogens with one attached hydrogen (secondary N) is 1. The second kappa shape index (κ2) is 5.59. The number of carbonyl (C=O) groups excluding carboxylic acids is 2. The van der Waals surface area contributed by atoms with Gasteiger partial charge in [0.2, 0.25) is 11.8 Å². The van der Waals surface area contributed by atoms with Gasteiger partial charge in [0.05, 0.1) is 0 Å². The van der Waals surface area contributed by atoms with Gasteiger partial charge in [-0.15, -0.1) is 0 Å². The SMILES string of the molecule is CC(C)(NC(=O)CCCCO)C(N)=O. The molecule has 0 bridgehead atoms. The zero-order valence-corrected chi connectivity index (χ0v) is 8.67. The number of rotatable bonds is 6. The summed E-state index contributed by atoms with van der Waals surface area (Å²) in [6, 6.07) is 0. The first-order chi connectivity index (χ1) is 6.40. The first-order valence-electron chi connectivity index (χ1n) is 4.62. The van der Waals surface area contributed by atoms with E-state index in [1.807, 2.05) is 0 Å². The van der Waals surface area contributed by atoms with Crippen LogP contribution in [0.5, 0.6) is 0 Å². The van der Waals surface area contributed by atoms with Crippen LogP contribution in [0.25, 0.3) is 0 Å². The highest BCUT2D eigenvalue weighted by Gasteiger charge is 2.26. The van der Waals surface area contributed by atoms with Crippen molar-refractivity contribution in [2.75, 3.05) is 6.61 Å². The molecule has 82 valence electrons. The first kappa shape index (κ1) is 12.9. The van der Waals surface area contributed by atoms with E-state index in [-0.39, 0.29) is 12.5 Å². The van der Waals surface area contributed by atoms with E-state index in [1.54, 1.807) is 13.8 Å². The Morgan fingerprint density at radius 3 is 2.36 bits per heavy atom. The Kier molecular flexibility index (Phi) is 5.15. The summed E-state index contributed by atoms with van der Waals surface area (Å²) in [6.45, 7) is 3.19. The van der Waals surface area contributed by atoms with Gasteiger partial charge >= 0.3 is 0 Å². The second-order valence-corrected chi connectivity index (χ2v) is 3.72. The van der Waals surface area contributed by atoms with Crippen molar-refractivity contribution in [3.8, 4) is 0 Å². The molecule has 5 nitrogen and oxygen atoms in total. The number of amides is 2. The van der Waals surface area contributed by atoms with Crippen molar-refractivity contribution in [3.05, 3.63) is 0 Å². The zero-order valence-electron chi connectivity index (χ0n) is 8.67. The normalized spacial score (nSPS) is 11.1. The molecule has 0 saturated carbocycles. The number of aliphatic hydroxyl groups is 1. The number of hydrogen-bond acceptors (Lipinski definition) is 3. The molecule has 2 amide bonds. The Hall–Kier alpha value is -1.10. The second-order valence-electron chi connectivity index (χ2n) is 3.72. The minimum Gasteiger partial charge on any atom is -0.396 e. The molecule has 0 fully saturated rings. The van der Waals surface area contributed by atoms with E-state index >= 15 is 0 Å². The van der Waals surface area contributed by atoms with E-state index < -0.39 is 11.4 Å². The highest BCUT2D eigenvalue weighted by molar-refractivity contribution is 5.89. The number of hydrogen-bond donors (Lipinski definition) is 3. The summed E-state index contributed by atoms with van der Waals surface area (Å²) >= 11 is 0. The van der Waals surface area contributed by atoms with Crippen molar-refractivity contribution in [2.45, 2.75) is 38.6 Å². The van der Waals surface area contributed by atoms with Gasteiger partial charge in [-0.2, -0.15) is 0 Å². The van der Waals surface area contributed by atoms with Crippen LogP contribution in [-0.2, 0) is 9.59 Å². The molecule has 0 aromatic carbocycles. The minimum atomic E-state index is -1.00. The zero-order chi connectivity index (χ0) is 11.2. The van der Waals surface area contributed by atoms with Crippen molar-refractivity contribution in [1.82, 2.24) is 5.32 Å². The van der Waals surface area contributed by atoms with Gasteiger partial charge in [0.25, 0.3) is 0 Å². The number of nitrogens with two attached hydrogens (primary N) is 1. The topological polar surface area (TPSA) is 92.4 Å². The van der Waals surface area contributed by atoms with E-state index in [0.29, 0.717) is 19.3 Å². The highest BCUT2D eigenvalue weighted by atomic mass is 16.3. The summed E-state index contributed by atoms with van der Waals surface area (Å²) < 4.78 is 0. The van der Waals surface area contributed by atoms with Crippen LogP contribution in [0.1, 0.15) is 33.1 Å². The molecule has 0 aliphatic carbocycles. The van der Waals surface area contributed by atoms with E-state index in [4.69, 9.17) is 10.8 Å². The van der Waals surface area contributed by atoms with Gasteiger partial charge in [-0.25, -0.2) is 0 Å². The third-order valence-corrected chi connectivity index (χ3v) is 1.88. The van der Waals surface area contributed by atoms with Gasteiger partial charge in [-0.3, -0.25) is 9.59 Å². The van der Waals surface area contributed by atoms with Crippen molar-refractivity contribution in [1.29, 1.82) is 0 Å². The molecule has 5 heteroatoms. The molecular formula is C9H18N2O3. The predicted molar refractivity (Wildman–Crippen MR) is 52.4 cm³/mol. The minimum absolute atomic E-state index is 0.0759. The Bertz CT molecular complexity index is 214. The van der Waals surface area contributed by atoms with Crippen molar-refractivity contribution in [2.24, 2.45) is 5.73 Å². The molecule has 14 heavy (non-hydrogen) atoms. The molecule has 0 aromatic rings. The van der Waals surface area contributed by atoms with Crippen LogP contribution in [0.2, 0.25) is 0 Å². The number of carbonyl (C=O) groups is 2. The van der Waals surface area contributed by atoms with Crippen LogP contribution < -0.4 is 11.1 Å². The summed E-state index contributed by atoms with van der Waals surface area (Å²) in [5.74, 6) is -0.782. The molecule has 0 spiro atoms. The van der Waals surface area contributed by atoms with E-state index in [0.717, 1.165) is 0 Å². The molecule has 0 aliphatic heterocycles. The molecule has 0 aromatic heterocycles. The third-order valence-electron chi connectivity index (χ3n) is 1.88. The number of unbranched alkanes of at least 4 members (excludes halogenated alkanes) is 1. The van der Waals surface area contributed by atoms with Crippen molar-refractivity contribution in [3.63, 3.8) is 0 Å². The fourth-order valence-corrected chi connectivity index (χ4v) is 0.870. The molecule has 0 saturated heterocycles. The Labute approximate surface area is 83.7 Å². The van der Waals surface area contributed by atoms with Crippen LogP contribution in [0.15, 0.2) is 0 Å². The third kappa shape index (κ3) is 4.81. The smallest absolute Gasteiger partial charge is 0.242 e. The average Bonchev–Trinajstić information content (AvgIpc) is 2.03. The van der Waals surface area contributed by atoms with Crippen molar-refractivity contribution < 1.29 is 14.7 Å². The standard InChI is InChI=1S/C9H18N2O3/c1-9(2,8(10)14)11-7(13)5-3-4-6-12/h12H,3-6H2,1-2H3,(H2,10,14)(H,11,13). The Morgan fingerprint density at radius 1 is 1.36 bits per heavy atom. The average molecular weight is 202 g/mol. The van der Waals surface area contributed by atoms with Crippen LogP contribution >= 0.6 is 0 Å². The summed E-state index contributed by atoms with van der Waals surface area (Å²) in [7, 11) is 0. The largest absolute Gasteiger partial charge is 0.396 e. The maximum atomic E-state index is 11.2. The van der Waals surface area contributed by atoms with Gasteiger partial charge < -0.3 is 16.2 Å². The molecular weight excluding hydrogens is 184 g/mol. The molecule has 0 atom stereocenters. The van der Waals surface area contributed by atoms with Gasteiger partial charge in [0.15, 0.2) is 0 Å². The fraction of sp³-hybridized carbons (Fsp3) is 0.778.